The molecule has 0 amide bonds. The Labute approximate surface area is 97.7 Å². The molecule has 0 spiro atoms. The lowest BCUT2D eigenvalue weighted by molar-refractivity contribution is -0.150. The first-order valence-corrected chi connectivity index (χ1v) is 4.72. The van der Waals surface area contributed by atoms with Crippen molar-refractivity contribution in [2.24, 2.45) is 0 Å². The zero-order chi connectivity index (χ0) is 13.0. The first-order chi connectivity index (χ1) is 8.04. The van der Waals surface area contributed by atoms with E-state index in [9.17, 15) is 14.3 Å². The number of ether oxygens (including phenoxy) is 3. The van der Waals surface area contributed by atoms with Gasteiger partial charge in [-0.25, -0.2) is 9.18 Å². The average molecular weight is 244 g/mol. The maximum absolute atomic E-state index is 13.2. The largest absolute Gasteiger partial charge is 0.496 e. The van der Waals surface area contributed by atoms with Crippen LogP contribution in [0.2, 0.25) is 0 Å². The fourth-order valence-corrected chi connectivity index (χ4v) is 1.41. The molecular formula is C11H13FO5. The molecule has 0 aliphatic carbocycles. The molecule has 0 fully saturated rings. The van der Waals surface area contributed by atoms with Crippen molar-refractivity contribution in [2.45, 2.75) is 6.10 Å². The third-order valence-electron chi connectivity index (χ3n) is 2.21. The zero-order valence-corrected chi connectivity index (χ0v) is 9.69. The second-order valence-electron chi connectivity index (χ2n) is 3.15. The van der Waals surface area contributed by atoms with E-state index in [1.54, 1.807) is 0 Å². The smallest absolute Gasteiger partial charge is 0.339 e. The number of carbonyl (C=O) groups excluding carboxylic acids is 1. The zero-order valence-electron chi connectivity index (χ0n) is 9.69. The molecule has 1 aromatic rings. The summed E-state index contributed by atoms with van der Waals surface area (Å²) < 4.78 is 27.4. The molecule has 0 bridgehead atoms. The molecule has 1 rings (SSSR count). The second kappa shape index (κ2) is 5.49. The van der Waals surface area contributed by atoms with E-state index in [2.05, 4.69) is 4.74 Å². The molecule has 1 aromatic carbocycles. The van der Waals surface area contributed by atoms with Crippen LogP contribution in [0.1, 0.15) is 11.7 Å². The fourth-order valence-electron chi connectivity index (χ4n) is 1.41. The van der Waals surface area contributed by atoms with Gasteiger partial charge >= 0.3 is 5.97 Å². The van der Waals surface area contributed by atoms with Gasteiger partial charge in [0.05, 0.1) is 26.9 Å². The summed E-state index contributed by atoms with van der Waals surface area (Å²) in [5, 5.41) is 9.75. The lowest BCUT2D eigenvalue weighted by Crippen LogP contribution is -2.15. The van der Waals surface area contributed by atoms with Gasteiger partial charge in [-0.3, -0.25) is 0 Å². The summed E-state index contributed by atoms with van der Waals surface area (Å²) in [6, 6.07) is 2.09. The number of aliphatic hydroxyl groups is 1. The van der Waals surface area contributed by atoms with E-state index >= 15 is 0 Å². The number of esters is 1. The van der Waals surface area contributed by atoms with Gasteiger partial charge in [0.2, 0.25) is 0 Å². The predicted octanol–water partition coefficient (Wildman–Crippen LogP) is 1.05. The number of halogens is 1. The van der Waals surface area contributed by atoms with Gasteiger partial charge in [0, 0.05) is 12.1 Å². The van der Waals surface area contributed by atoms with Gasteiger partial charge in [-0.05, 0) is 0 Å². The fraction of sp³-hybridized carbons (Fsp3) is 0.364. The Hall–Kier alpha value is -1.82. The van der Waals surface area contributed by atoms with Gasteiger partial charge in [0.1, 0.15) is 17.3 Å². The van der Waals surface area contributed by atoms with Crippen LogP contribution in [0.25, 0.3) is 0 Å². The minimum atomic E-state index is -1.59. The Morgan fingerprint density at radius 3 is 2.06 bits per heavy atom. The molecule has 6 heteroatoms. The molecule has 0 aliphatic rings. The topological polar surface area (TPSA) is 65.0 Å². The van der Waals surface area contributed by atoms with Gasteiger partial charge in [0.25, 0.3) is 0 Å². The molecule has 0 heterocycles. The Morgan fingerprint density at radius 2 is 1.71 bits per heavy atom. The van der Waals surface area contributed by atoms with E-state index < -0.39 is 17.9 Å². The summed E-state index contributed by atoms with van der Waals surface area (Å²) in [5.41, 5.74) is 0.0308. The van der Waals surface area contributed by atoms with Crippen molar-refractivity contribution in [3.8, 4) is 11.5 Å². The minimum Gasteiger partial charge on any atom is -0.496 e. The number of rotatable bonds is 4. The number of methoxy groups -OCH3 is 3. The van der Waals surface area contributed by atoms with Crippen molar-refractivity contribution in [3.05, 3.63) is 23.5 Å². The van der Waals surface area contributed by atoms with Gasteiger partial charge in [-0.1, -0.05) is 0 Å². The highest BCUT2D eigenvalue weighted by atomic mass is 19.1. The van der Waals surface area contributed by atoms with Crippen LogP contribution >= 0.6 is 0 Å². The molecule has 0 saturated heterocycles. The number of benzene rings is 1. The van der Waals surface area contributed by atoms with Gasteiger partial charge in [-0.15, -0.1) is 0 Å². The Balaban J connectivity index is 3.33. The highest BCUT2D eigenvalue weighted by Gasteiger charge is 2.26. The molecule has 0 radical (unpaired) electrons. The average Bonchev–Trinajstić information content (AvgIpc) is 2.35. The van der Waals surface area contributed by atoms with Gasteiger partial charge < -0.3 is 19.3 Å². The van der Waals surface area contributed by atoms with Crippen LogP contribution in [-0.4, -0.2) is 32.4 Å². The number of carbonyl (C=O) groups is 1. The second-order valence-corrected chi connectivity index (χ2v) is 3.15. The highest BCUT2D eigenvalue weighted by Crippen LogP contribution is 2.35. The summed E-state index contributed by atoms with van der Waals surface area (Å²) in [4.78, 5) is 11.3. The molecule has 0 aromatic heterocycles. The van der Waals surface area contributed by atoms with E-state index in [-0.39, 0.29) is 17.1 Å². The standard InChI is InChI=1S/C11H13FO5/c1-15-7-4-6(12)5-8(16-2)9(7)10(13)11(14)17-3/h4-5,10,13H,1-3H3. The lowest BCUT2D eigenvalue weighted by Gasteiger charge is -2.16. The lowest BCUT2D eigenvalue weighted by atomic mass is 10.1. The van der Waals surface area contributed by atoms with Crippen LogP contribution in [0.5, 0.6) is 11.5 Å². The summed E-state index contributed by atoms with van der Waals surface area (Å²) in [5.74, 6) is -1.45. The molecule has 1 N–H and O–H groups in total. The number of aliphatic hydroxyl groups excluding tert-OH is 1. The van der Waals surface area contributed by atoms with Crippen LogP contribution in [0.3, 0.4) is 0 Å². The Bertz CT molecular complexity index is 393. The summed E-state index contributed by atoms with van der Waals surface area (Å²) >= 11 is 0. The summed E-state index contributed by atoms with van der Waals surface area (Å²) in [6.07, 6.45) is -1.59. The summed E-state index contributed by atoms with van der Waals surface area (Å²) in [7, 11) is 3.72. The van der Waals surface area contributed by atoms with Crippen molar-refractivity contribution >= 4 is 5.97 Å². The Morgan fingerprint density at radius 1 is 1.24 bits per heavy atom. The van der Waals surface area contributed by atoms with E-state index in [0.717, 1.165) is 19.2 Å². The van der Waals surface area contributed by atoms with Crippen LogP contribution in [0.15, 0.2) is 12.1 Å². The van der Waals surface area contributed by atoms with E-state index in [0.29, 0.717) is 0 Å². The van der Waals surface area contributed by atoms with Crippen molar-refractivity contribution in [2.75, 3.05) is 21.3 Å². The van der Waals surface area contributed by atoms with Crippen LogP contribution in [-0.2, 0) is 9.53 Å². The van der Waals surface area contributed by atoms with E-state index in [1.807, 2.05) is 0 Å². The van der Waals surface area contributed by atoms with Crippen molar-refractivity contribution in [1.29, 1.82) is 0 Å². The first-order valence-electron chi connectivity index (χ1n) is 4.72. The molecule has 5 nitrogen and oxygen atoms in total. The third kappa shape index (κ3) is 2.65. The predicted molar refractivity (Wildman–Crippen MR) is 56.5 cm³/mol. The Kier molecular flexibility index (Phi) is 4.28. The van der Waals surface area contributed by atoms with Crippen molar-refractivity contribution < 1.29 is 28.5 Å². The maximum atomic E-state index is 13.2. The van der Waals surface area contributed by atoms with Gasteiger partial charge in [0.15, 0.2) is 6.10 Å². The molecule has 17 heavy (non-hydrogen) atoms. The van der Waals surface area contributed by atoms with Crippen LogP contribution in [0, 0.1) is 5.82 Å². The summed E-state index contributed by atoms with van der Waals surface area (Å²) in [6.45, 7) is 0. The van der Waals surface area contributed by atoms with E-state index in [4.69, 9.17) is 9.47 Å². The highest BCUT2D eigenvalue weighted by molar-refractivity contribution is 5.78. The molecule has 0 aliphatic heterocycles. The van der Waals surface area contributed by atoms with Crippen molar-refractivity contribution in [1.82, 2.24) is 0 Å². The SMILES string of the molecule is COC(=O)C(O)c1c(OC)cc(F)cc1OC. The van der Waals surface area contributed by atoms with Crippen LogP contribution < -0.4 is 9.47 Å². The van der Waals surface area contributed by atoms with Crippen LogP contribution in [0.4, 0.5) is 4.39 Å². The molecule has 94 valence electrons. The molecule has 1 atom stereocenters. The van der Waals surface area contributed by atoms with Gasteiger partial charge in [-0.2, -0.15) is 0 Å². The maximum Gasteiger partial charge on any atom is 0.339 e. The molecule has 0 saturated carbocycles. The minimum absolute atomic E-state index is 0.0137. The third-order valence-corrected chi connectivity index (χ3v) is 2.21. The normalized spacial score (nSPS) is 11.8. The first kappa shape index (κ1) is 13.2. The van der Waals surface area contributed by atoms with E-state index in [1.165, 1.54) is 14.2 Å². The monoisotopic (exact) mass is 244 g/mol. The van der Waals surface area contributed by atoms with Crippen molar-refractivity contribution in [3.63, 3.8) is 0 Å². The quantitative estimate of drug-likeness (QED) is 0.802. The molecule has 1 unspecified atom stereocenters. The number of hydrogen-bond donors (Lipinski definition) is 1. The number of hydrogen-bond acceptors (Lipinski definition) is 5. The molecular weight excluding hydrogens is 231 g/mol.